The lowest BCUT2D eigenvalue weighted by molar-refractivity contribution is -0.222. The van der Waals surface area contributed by atoms with Gasteiger partial charge in [0.25, 0.3) is 0 Å². The van der Waals surface area contributed by atoms with Crippen molar-refractivity contribution in [2.24, 2.45) is 5.92 Å². The molecule has 0 fully saturated rings. The number of rotatable bonds is 9. The molecular weight excluding hydrogens is 289 g/mol. The number of aliphatic carboxylic acids is 1. The van der Waals surface area contributed by atoms with Gasteiger partial charge in [-0.3, -0.25) is 0 Å². The highest BCUT2D eigenvalue weighted by molar-refractivity contribution is 5.90. The van der Waals surface area contributed by atoms with Crippen LogP contribution in [-0.2, 0) is 14.3 Å². The van der Waals surface area contributed by atoms with Crippen molar-refractivity contribution in [3.63, 3.8) is 0 Å². The first kappa shape index (κ1) is 19.5. The van der Waals surface area contributed by atoms with E-state index in [0.717, 1.165) is 12.8 Å². The maximum absolute atomic E-state index is 12.9. The summed E-state index contributed by atoms with van der Waals surface area (Å²) in [7, 11) is 0. The molecule has 21 heavy (non-hydrogen) atoms. The van der Waals surface area contributed by atoms with Gasteiger partial charge < -0.3 is 9.84 Å². The third-order valence-electron chi connectivity index (χ3n) is 3.08. The van der Waals surface area contributed by atoms with Crippen molar-refractivity contribution in [2.45, 2.75) is 58.2 Å². The van der Waals surface area contributed by atoms with Crippen LogP contribution in [-0.4, -0.2) is 29.3 Å². The Morgan fingerprint density at radius 2 is 1.86 bits per heavy atom. The predicted octanol–water partition coefficient (Wildman–Crippen LogP) is 3.71. The van der Waals surface area contributed by atoms with E-state index in [1.807, 2.05) is 6.92 Å². The van der Waals surface area contributed by atoms with Gasteiger partial charge in [-0.2, -0.15) is 13.2 Å². The number of hydrogen-bond acceptors (Lipinski definition) is 3. The molecule has 2 atom stereocenters. The van der Waals surface area contributed by atoms with E-state index in [2.05, 4.69) is 4.74 Å². The standard InChI is InChI=1S/C14H21F3O4/c1-3-5-6-10(4-2)9-11(14(15,16)17)21-13(20)8-7-12(18)19/h7-8,10-11H,3-6,9H2,1-2H3,(H,18,19). The highest BCUT2D eigenvalue weighted by Crippen LogP contribution is 2.31. The number of esters is 1. The van der Waals surface area contributed by atoms with Crippen LogP contribution in [0.25, 0.3) is 0 Å². The number of carbonyl (C=O) groups excluding carboxylic acids is 1. The fourth-order valence-corrected chi connectivity index (χ4v) is 1.85. The van der Waals surface area contributed by atoms with Crippen molar-refractivity contribution < 1.29 is 32.6 Å². The molecular formula is C14H21F3O4. The average molecular weight is 310 g/mol. The fourth-order valence-electron chi connectivity index (χ4n) is 1.85. The normalized spacial score (nSPS) is 14.9. The van der Waals surface area contributed by atoms with Gasteiger partial charge in [0.15, 0.2) is 6.10 Å². The van der Waals surface area contributed by atoms with Crippen LogP contribution >= 0.6 is 0 Å². The number of unbranched alkanes of at least 4 members (excludes halogenated alkanes) is 1. The van der Waals surface area contributed by atoms with Gasteiger partial charge in [-0.05, 0) is 12.3 Å². The molecule has 122 valence electrons. The van der Waals surface area contributed by atoms with Crippen LogP contribution < -0.4 is 0 Å². The molecule has 0 bridgehead atoms. The molecule has 0 saturated carbocycles. The Morgan fingerprint density at radius 3 is 2.29 bits per heavy atom. The first-order chi connectivity index (χ1) is 9.70. The number of alkyl halides is 3. The molecule has 0 amide bonds. The van der Waals surface area contributed by atoms with Crippen LogP contribution in [0.3, 0.4) is 0 Å². The summed E-state index contributed by atoms with van der Waals surface area (Å²) in [6.45, 7) is 3.74. The third kappa shape index (κ3) is 9.10. The first-order valence-corrected chi connectivity index (χ1v) is 6.89. The second-order valence-electron chi connectivity index (χ2n) is 4.79. The Balaban J connectivity index is 4.73. The lowest BCUT2D eigenvalue weighted by Gasteiger charge is -2.24. The molecule has 0 rings (SSSR count). The summed E-state index contributed by atoms with van der Waals surface area (Å²) in [5, 5.41) is 8.32. The molecule has 0 saturated heterocycles. The number of carboxylic acid groups (broad SMARTS) is 1. The molecule has 0 radical (unpaired) electrons. The first-order valence-electron chi connectivity index (χ1n) is 6.89. The molecule has 0 spiro atoms. The highest BCUT2D eigenvalue weighted by atomic mass is 19.4. The minimum Gasteiger partial charge on any atom is -0.478 e. The van der Waals surface area contributed by atoms with Crippen molar-refractivity contribution in [3.8, 4) is 0 Å². The number of carboxylic acids is 1. The molecule has 0 aromatic carbocycles. The molecule has 0 aliphatic heterocycles. The molecule has 0 aliphatic carbocycles. The summed E-state index contributed by atoms with van der Waals surface area (Å²) in [5.41, 5.74) is 0. The van der Waals surface area contributed by atoms with E-state index in [1.165, 1.54) is 0 Å². The second-order valence-corrected chi connectivity index (χ2v) is 4.79. The van der Waals surface area contributed by atoms with Gasteiger partial charge in [0.2, 0.25) is 0 Å². The largest absolute Gasteiger partial charge is 0.478 e. The lowest BCUT2D eigenvalue weighted by atomic mass is 9.93. The van der Waals surface area contributed by atoms with E-state index in [4.69, 9.17) is 5.11 Å². The summed E-state index contributed by atoms with van der Waals surface area (Å²) in [6.07, 6.45) is -3.33. The summed E-state index contributed by atoms with van der Waals surface area (Å²) < 4.78 is 43.0. The van der Waals surface area contributed by atoms with Crippen molar-refractivity contribution >= 4 is 11.9 Å². The van der Waals surface area contributed by atoms with Crippen LogP contribution in [0.2, 0.25) is 0 Å². The monoisotopic (exact) mass is 310 g/mol. The van der Waals surface area contributed by atoms with Crippen molar-refractivity contribution in [3.05, 3.63) is 12.2 Å². The summed E-state index contributed by atoms with van der Waals surface area (Å²) in [4.78, 5) is 21.4. The average Bonchev–Trinajstić information content (AvgIpc) is 2.38. The molecule has 0 aromatic heterocycles. The molecule has 2 unspecified atom stereocenters. The lowest BCUT2D eigenvalue weighted by Crippen LogP contribution is -2.35. The summed E-state index contributed by atoms with van der Waals surface area (Å²) >= 11 is 0. The topological polar surface area (TPSA) is 63.6 Å². The minimum atomic E-state index is -4.66. The Hall–Kier alpha value is -1.53. The van der Waals surface area contributed by atoms with Gasteiger partial charge >= 0.3 is 18.1 Å². The Morgan fingerprint density at radius 1 is 1.24 bits per heavy atom. The third-order valence-corrected chi connectivity index (χ3v) is 3.08. The summed E-state index contributed by atoms with van der Waals surface area (Å²) in [5.74, 6) is -2.91. The zero-order valence-corrected chi connectivity index (χ0v) is 12.2. The van der Waals surface area contributed by atoms with Gasteiger partial charge in [0.05, 0.1) is 0 Å². The maximum atomic E-state index is 12.9. The van der Waals surface area contributed by atoms with Gasteiger partial charge in [0, 0.05) is 12.2 Å². The van der Waals surface area contributed by atoms with E-state index in [-0.39, 0.29) is 12.3 Å². The molecule has 7 heteroatoms. The molecule has 4 nitrogen and oxygen atoms in total. The number of hydrogen-bond donors (Lipinski definition) is 1. The zero-order valence-electron chi connectivity index (χ0n) is 12.2. The van der Waals surface area contributed by atoms with E-state index in [9.17, 15) is 22.8 Å². The van der Waals surface area contributed by atoms with Gasteiger partial charge in [-0.25, -0.2) is 9.59 Å². The Bertz CT molecular complexity index is 364. The van der Waals surface area contributed by atoms with Crippen molar-refractivity contribution in [1.82, 2.24) is 0 Å². The maximum Gasteiger partial charge on any atom is 0.425 e. The van der Waals surface area contributed by atoms with Crippen LogP contribution in [0.1, 0.15) is 46.0 Å². The molecule has 0 aromatic rings. The summed E-state index contributed by atoms with van der Waals surface area (Å²) in [6, 6.07) is 0. The van der Waals surface area contributed by atoms with Crippen LogP contribution in [0, 0.1) is 5.92 Å². The van der Waals surface area contributed by atoms with E-state index in [0.29, 0.717) is 25.0 Å². The van der Waals surface area contributed by atoms with Crippen molar-refractivity contribution in [2.75, 3.05) is 0 Å². The van der Waals surface area contributed by atoms with Crippen LogP contribution in [0.15, 0.2) is 12.2 Å². The Kier molecular flexibility index (Phi) is 8.73. The van der Waals surface area contributed by atoms with E-state index < -0.39 is 24.2 Å². The van der Waals surface area contributed by atoms with E-state index >= 15 is 0 Å². The van der Waals surface area contributed by atoms with Gasteiger partial charge in [-0.1, -0.05) is 39.5 Å². The number of ether oxygens (including phenoxy) is 1. The highest BCUT2D eigenvalue weighted by Gasteiger charge is 2.43. The fraction of sp³-hybridized carbons (Fsp3) is 0.714. The van der Waals surface area contributed by atoms with E-state index in [1.54, 1.807) is 6.92 Å². The van der Waals surface area contributed by atoms with Crippen molar-refractivity contribution in [1.29, 1.82) is 0 Å². The molecule has 0 heterocycles. The Labute approximate surface area is 122 Å². The van der Waals surface area contributed by atoms with Crippen LogP contribution in [0.4, 0.5) is 13.2 Å². The number of carbonyl (C=O) groups is 2. The molecule has 0 aliphatic rings. The predicted molar refractivity (Wildman–Crippen MR) is 70.6 cm³/mol. The van der Waals surface area contributed by atoms with Crippen LogP contribution in [0.5, 0.6) is 0 Å². The van der Waals surface area contributed by atoms with Gasteiger partial charge in [-0.15, -0.1) is 0 Å². The van der Waals surface area contributed by atoms with Gasteiger partial charge in [0.1, 0.15) is 0 Å². The SMILES string of the molecule is CCCCC(CC)CC(OC(=O)C=CC(=O)O)C(F)(F)F. The quantitative estimate of drug-likeness (QED) is 0.521. The zero-order chi connectivity index (χ0) is 16.5. The second kappa shape index (κ2) is 9.41. The number of halogens is 3. The minimum absolute atomic E-state index is 0.187. The smallest absolute Gasteiger partial charge is 0.425 e. The molecule has 1 N–H and O–H groups in total.